The number of benzene rings is 1. The van der Waals surface area contributed by atoms with Crippen LogP contribution in [-0.4, -0.2) is 55.6 Å². The van der Waals surface area contributed by atoms with Gasteiger partial charge in [0.1, 0.15) is 0 Å². The molecule has 1 saturated carbocycles. The number of hydrogen-bond acceptors (Lipinski definition) is 3. The lowest BCUT2D eigenvalue weighted by atomic mass is 10.2. The molecule has 2 atom stereocenters. The second-order valence-corrected chi connectivity index (χ2v) is 6.93. The van der Waals surface area contributed by atoms with Crippen LogP contribution in [0.1, 0.15) is 18.4 Å². The van der Waals surface area contributed by atoms with Crippen LogP contribution in [0.5, 0.6) is 0 Å². The van der Waals surface area contributed by atoms with Gasteiger partial charge in [-0.2, -0.15) is 0 Å². The van der Waals surface area contributed by atoms with Crippen LogP contribution in [0.4, 0.5) is 0 Å². The minimum Gasteiger partial charge on any atom is -0.313 e. The first-order chi connectivity index (χ1) is 10.2. The molecule has 1 aliphatic heterocycles. The molecular weight excluding hydrogens is 282 g/mol. The van der Waals surface area contributed by atoms with Crippen molar-refractivity contribution in [2.24, 2.45) is 5.92 Å². The molecule has 1 heterocycles. The number of rotatable bonds is 6. The molecule has 1 aromatic rings. The standard InChI is InChI=1S/C17H26ClN3/c1-20-8-10-21(11-9-20)17-12-15(17)6-7-19-13-14-2-4-16(18)5-3-14/h2-5,15,17,19H,6-13H2,1H3/t15-,17+/m0/s1. The van der Waals surface area contributed by atoms with E-state index in [0.29, 0.717) is 0 Å². The number of halogens is 1. The van der Waals surface area contributed by atoms with Crippen molar-refractivity contribution in [1.29, 1.82) is 0 Å². The van der Waals surface area contributed by atoms with Gasteiger partial charge in [-0.15, -0.1) is 0 Å². The fourth-order valence-electron chi connectivity index (χ4n) is 3.27. The molecule has 116 valence electrons. The first kappa shape index (κ1) is 15.3. The highest BCUT2D eigenvalue weighted by Gasteiger charge is 2.41. The van der Waals surface area contributed by atoms with Gasteiger partial charge in [-0.25, -0.2) is 0 Å². The molecule has 21 heavy (non-hydrogen) atoms. The summed E-state index contributed by atoms with van der Waals surface area (Å²) in [4.78, 5) is 5.13. The van der Waals surface area contributed by atoms with Crippen molar-refractivity contribution in [3.05, 3.63) is 34.9 Å². The highest BCUT2D eigenvalue weighted by atomic mass is 35.5. The number of piperazine rings is 1. The summed E-state index contributed by atoms with van der Waals surface area (Å²) in [6.07, 6.45) is 2.72. The van der Waals surface area contributed by atoms with Gasteiger partial charge in [0.05, 0.1) is 0 Å². The lowest BCUT2D eigenvalue weighted by Gasteiger charge is -2.32. The molecule has 0 amide bonds. The molecule has 0 radical (unpaired) electrons. The number of nitrogens with one attached hydrogen (secondary N) is 1. The Morgan fingerprint density at radius 2 is 1.86 bits per heavy atom. The predicted molar refractivity (Wildman–Crippen MR) is 88.7 cm³/mol. The Morgan fingerprint density at radius 3 is 2.57 bits per heavy atom. The summed E-state index contributed by atoms with van der Waals surface area (Å²) in [7, 11) is 2.22. The Morgan fingerprint density at radius 1 is 1.14 bits per heavy atom. The molecule has 1 N–H and O–H groups in total. The van der Waals surface area contributed by atoms with Crippen LogP contribution >= 0.6 is 11.6 Å². The fraction of sp³-hybridized carbons (Fsp3) is 0.647. The molecule has 1 aromatic carbocycles. The Hall–Kier alpha value is -0.610. The van der Waals surface area contributed by atoms with Gasteiger partial charge in [0.15, 0.2) is 0 Å². The van der Waals surface area contributed by atoms with E-state index in [0.717, 1.165) is 30.1 Å². The molecule has 2 aliphatic rings. The zero-order chi connectivity index (χ0) is 14.7. The lowest BCUT2D eigenvalue weighted by molar-refractivity contribution is 0.141. The average molecular weight is 308 g/mol. The maximum absolute atomic E-state index is 5.89. The van der Waals surface area contributed by atoms with Gasteiger partial charge in [-0.3, -0.25) is 4.90 Å². The highest BCUT2D eigenvalue weighted by molar-refractivity contribution is 6.30. The largest absolute Gasteiger partial charge is 0.313 e. The van der Waals surface area contributed by atoms with E-state index in [1.165, 1.54) is 44.6 Å². The van der Waals surface area contributed by atoms with Crippen LogP contribution in [0.25, 0.3) is 0 Å². The molecule has 1 saturated heterocycles. The summed E-state index contributed by atoms with van der Waals surface area (Å²) in [6.45, 7) is 7.06. The van der Waals surface area contributed by atoms with E-state index in [1.54, 1.807) is 0 Å². The van der Waals surface area contributed by atoms with Crippen molar-refractivity contribution in [2.45, 2.75) is 25.4 Å². The number of hydrogen-bond donors (Lipinski definition) is 1. The van der Waals surface area contributed by atoms with Crippen LogP contribution < -0.4 is 5.32 Å². The summed E-state index contributed by atoms with van der Waals surface area (Å²) in [6, 6.07) is 8.99. The molecule has 0 bridgehead atoms. The summed E-state index contributed by atoms with van der Waals surface area (Å²) >= 11 is 5.89. The van der Waals surface area contributed by atoms with Crippen LogP contribution in [-0.2, 0) is 6.54 Å². The van der Waals surface area contributed by atoms with E-state index < -0.39 is 0 Å². The first-order valence-electron chi connectivity index (χ1n) is 8.10. The molecule has 3 rings (SSSR count). The zero-order valence-corrected chi connectivity index (χ0v) is 13.6. The van der Waals surface area contributed by atoms with Gasteiger partial charge in [0, 0.05) is 43.8 Å². The molecule has 2 fully saturated rings. The third-order valence-electron chi connectivity index (χ3n) is 4.83. The van der Waals surface area contributed by atoms with Crippen molar-refractivity contribution in [3.8, 4) is 0 Å². The van der Waals surface area contributed by atoms with Crippen molar-refractivity contribution >= 4 is 11.6 Å². The van der Waals surface area contributed by atoms with Gasteiger partial charge in [0.2, 0.25) is 0 Å². The first-order valence-corrected chi connectivity index (χ1v) is 8.48. The Kier molecular flexibility index (Phi) is 5.17. The number of likely N-dealkylation sites (N-methyl/N-ethyl adjacent to an activating group) is 1. The van der Waals surface area contributed by atoms with E-state index in [4.69, 9.17) is 11.6 Å². The predicted octanol–water partition coefficient (Wildman–Crippen LogP) is 2.46. The van der Waals surface area contributed by atoms with E-state index in [1.807, 2.05) is 12.1 Å². The van der Waals surface area contributed by atoms with Crippen LogP contribution in [0.3, 0.4) is 0 Å². The molecule has 3 nitrogen and oxygen atoms in total. The highest BCUT2D eigenvalue weighted by Crippen LogP contribution is 2.38. The lowest BCUT2D eigenvalue weighted by Crippen LogP contribution is -2.45. The summed E-state index contributed by atoms with van der Waals surface area (Å²) < 4.78 is 0. The normalized spacial score (nSPS) is 27.0. The number of nitrogens with zero attached hydrogens (tertiary/aromatic N) is 2. The molecule has 0 aromatic heterocycles. The minimum absolute atomic E-state index is 0.812. The van der Waals surface area contributed by atoms with Gasteiger partial charge in [-0.05, 0) is 50.0 Å². The topological polar surface area (TPSA) is 18.5 Å². The Balaban J connectivity index is 1.30. The maximum atomic E-state index is 5.89. The van der Waals surface area contributed by atoms with E-state index in [9.17, 15) is 0 Å². The Labute approximate surface area is 133 Å². The third kappa shape index (κ3) is 4.43. The summed E-state index contributed by atoms with van der Waals surface area (Å²) in [5, 5.41) is 4.36. The zero-order valence-electron chi connectivity index (χ0n) is 12.9. The van der Waals surface area contributed by atoms with Crippen molar-refractivity contribution in [2.75, 3.05) is 39.8 Å². The minimum atomic E-state index is 0.812. The molecule has 0 unspecified atom stereocenters. The average Bonchev–Trinajstić information content (AvgIpc) is 3.26. The smallest absolute Gasteiger partial charge is 0.0406 e. The Bertz CT molecular complexity index is 440. The van der Waals surface area contributed by atoms with Crippen LogP contribution in [0.15, 0.2) is 24.3 Å². The monoisotopic (exact) mass is 307 g/mol. The van der Waals surface area contributed by atoms with E-state index in [-0.39, 0.29) is 0 Å². The van der Waals surface area contributed by atoms with E-state index >= 15 is 0 Å². The van der Waals surface area contributed by atoms with E-state index in [2.05, 4.69) is 34.3 Å². The van der Waals surface area contributed by atoms with Gasteiger partial charge < -0.3 is 10.2 Å². The van der Waals surface area contributed by atoms with Gasteiger partial charge in [-0.1, -0.05) is 23.7 Å². The van der Waals surface area contributed by atoms with Gasteiger partial charge >= 0.3 is 0 Å². The molecule has 0 spiro atoms. The second-order valence-electron chi connectivity index (χ2n) is 6.49. The third-order valence-corrected chi connectivity index (χ3v) is 5.08. The molecule has 1 aliphatic carbocycles. The van der Waals surface area contributed by atoms with Crippen molar-refractivity contribution < 1.29 is 0 Å². The SMILES string of the molecule is CN1CCN([C@@H]2C[C@@H]2CCNCc2ccc(Cl)cc2)CC1. The van der Waals surface area contributed by atoms with Crippen LogP contribution in [0.2, 0.25) is 5.02 Å². The molecule has 4 heteroatoms. The van der Waals surface area contributed by atoms with Gasteiger partial charge in [0.25, 0.3) is 0 Å². The summed E-state index contributed by atoms with van der Waals surface area (Å²) in [5.74, 6) is 0.922. The molecular formula is C17H26ClN3. The maximum Gasteiger partial charge on any atom is 0.0406 e. The van der Waals surface area contributed by atoms with Crippen molar-refractivity contribution in [1.82, 2.24) is 15.1 Å². The quantitative estimate of drug-likeness (QED) is 0.815. The summed E-state index contributed by atoms with van der Waals surface area (Å²) in [5.41, 5.74) is 1.31. The van der Waals surface area contributed by atoms with Crippen LogP contribution in [0, 0.1) is 5.92 Å². The second kappa shape index (κ2) is 7.10. The fourth-order valence-corrected chi connectivity index (χ4v) is 3.39. The van der Waals surface area contributed by atoms with Crippen molar-refractivity contribution in [3.63, 3.8) is 0 Å².